The van der Waals surface area contributed by atoms with Gasteiger partial charge in [-0.3, -0.25) is 0 Å². The molecule has 2 heterocycles. The van der Waals surface area contributed by atoms with Crippen molar-refractivity contribution < 1.29 is 9.53 Å². The standard InChI is InChI=1S/C14H17N3O2S/c1-10-9-19-7-6-17(10)14(18)15-8-13-16-11-4-2-3-5-12(11)20-13/h2-5,10H,6-9H2,1H3,(H,15,18)/t10-/m1/s1. The number of nitrogens with one attached hydrogen (secondary N) is 1. The first kappa shape index (κ1) is 13.3. The third-order valence-electron chi connectivity index (χ3n) is 3.36. The van der Waals surface area contributed by atoms with Crippen LogP contribution in [0.5, 0.6) is 0 Å². The molecule has 0 saturated carbocycles. The van der Waals surface area contributed by atoms with Crippen molar-refractivity contribution in [1.29, 1.82) is 0 Å². The van der Waals surface area contributed by atoms with E-state index in [-0.39, 0.29) is 12.1 Å². The van der Waals surface area contributed by atoms with Crippen LogP contribution < -0.4 is 5.32 Å². The number of carbonyl (C=O) groups is 1. The molecule has 1 fully saturated rings. The summed E-state index contributed by atoms with van der Waals surface area (Å²) in [6.45, 7) is 4.33. The number of morpholine rings is 1. The van der Waals surface area contributed by atoms with E-state index in [0.29, 0.717) is 26.3 Å². The summed E-state index contributed by atoms with van der Waals surface area (Å²) in [5.74, 6) is 0. The molecule has 1 aromatic carbocycles. The summed E-state index contributed by atoms with van der Waals surface area (Å²) in [6.07, 6.45) is 0. The van der Waals surface area contributed by atoms with Crippen LogP contribution in [-0.4, -0.2) is 41.7 Å². The van der Waals surface area contributed by atoms with E-state index in [9.17, 15) is 4.79 Å². The number of hydrogen-bond donors (Lipinski definition) is 1. The minimum atomic E-state index is -0.0416. The highest BCUT2D eigenvalue weighted by atomic mass is 32.1. The first-order chi connectivity index (χ1) is 9.74. The lowest BCUT2D eigenvalue weighted by Gasteiger charge is -2.33. The average molecular weight is 291 g/mol. The zero-order valence-corrected chi connectivity index (χ0v) is 12.2. The van der Waals surface area contributed by atoms with E-state index in [4.69, 9.17) is 4.74 Å². The maximum atomic E-state index is 12.1. The predicted molar refractivity (Wildman–Crippen MR) is 78.8 cm³/mol. The Kier molecular flexibility index (Phi) is 3.84. The molecule has 1 aliphatic heterocycles. The van der Waals surface area contributed by atoms with E-state index in [1.165, 1.54) is 0 Å². The van der Waals surface area contributed by atoms with Crippen molar-refractivity contribution in [3.63, 3.8) is 0 Å². The molecule has 3 rings (SSSR count). The second kappa shape index (κ2) is 5.76. The molecule has 0 radical (unpaired) electrons. The lowest BCUT2D eigenvalue weighted by Crippen LogP contribution is -2.51. The number of benzene rings is 1. The van der Waals surface area contributed by atoms with Crippen molar-refractivity contribution in [2.45, 2.75) is 19.5 Å². The smallest absolute Gasteiger partial charge is 0.318 e. The minimum Gasteiger partial charge on any atom is -0.377 e. The number of rotatable bonds is 2. The maximum Gasteiger partial charge on any atom is 0.318 e. The maximum absolute atomic E-state index is 12.1. The Labute approximate surface area is 121 Å². The summed E-state index contributed by atoms with van der Waals surface area (Å²) in [5.41, 5.74) is 0.987. The molecule has 1 aromatic heterocycles. The van der Waals surface area contributed by atoms with Gasteiger partial charge in [0.25, 0.3) is 0 Å². The fourth-order valence-electron chi connectivity index (χ4n) is 2.28. The molecule has 0 unspecified atom stereocenters. The number of urea groups is 1. The third-order valence-corrected chi connectivity index (χ3v) is 4.39. The Hall–Kier alpha value is -1.66. The highest BCUT2D eigenvalue weighted by molar-refractivity contribution is 7.18. The van der Waals surface area contributed by atoms with Gasteiger partial charge in [0.15, 0.2) is 0 Å². The lowest BCUT2D eigenvalue weighted by atomic mass is 10.3. The monoisotopic (exact) mass is 291 g/mol. The van der Waals surface area contributed by atoms with Crippen LogP contribution >= 0.6 is 11.3 Å². The minimum absolute atomic E-state index is 0.0416. The zero-order valence-electron chi connectivity index (χ0n) is 11.3. The van der Waals surface area contributed by atoms with Gasteiger partial charge in [0.1, 0.15) is 5.01 Å². The molecule has 1 N–H and O–H groups in total. The number of carbonyl (C=O) groups excluding carboxylic acids is 1. The van der Waals surface area contributed by atoms with Gasteiger partial charge in [0.2, 0.25) is 0 Å². The van der Waals surface area contributed by atoms with E-state index >= 15 is 0 Å². The quantitative estimate of drug-likeness (QED) is 0.923. The highest BCUT2D eigenvalue weighted by Crippen LogP contribution is 2.21. The molecule has 6 heteroatoms. The highest BCUT2D eigenvalue weighted by Gasteiger charge is 2.23. The zero-order chi connectivity index (χ0) is 13.9. The molecule has 5 nitrogen and oxygen atoms in total. The van der Waals surface area contributed by atoms with Gasteiger partial charge in [-0.1, -0.05) is 12.1 Å². The van der Waals surface area contributed by atoms with Gasteiger partial charge in [-0.2, -0.15) is 0 Å². The first-order valence-electron chi connectivity index (χ1n) is 6.71. The van der Waals surface area contributed by atoms with Crippen LogP contribution in [0.25, 0.3) is 10.2 Å². The van der Waals surface area contributed by atoms with E-state index < -0.39 is 0 Å². The average Bonchev–Trinajstić information content (AvgIpc) is 2.88. The summed E-state index contributed by atoms with van der Waals surface area (Å²) in [7, 11) is 0. The Morgan fingerprint density at radius 3 is 3.20 bits per heavy atom. The van der Waals surface area contributed by atoms with Crippen molar-refractivity contribution in [2.24, 2.45) is 0 Å². The summed E-state index contributed by atoms with van der Waals surface area (Å²) in [6, 6.07) is 8.08. The normalized spacial score (nSPS) is 19.2. The molecule has 1 aliphatic rings. The molecular weight excluding hydrogens is 274 g/mol. The van der Waals surface area contributed by atoms with Crippen LogP contribution in [0.1, 0.15) is 11.9 Å². The van der Waals surface area contributed by atoms with E-state index in [0.717, 1.165) is 15.2 Å². The van der Waals surface area contributed by atoms with Gasteiger partial charge < -0.3 is 15.0 Å². The Bertz CT molecular complexity index is 580. The van der Waals surface area contributed by atoms with Gasteiger partial charge >= 0.3 is 6.03 Å². The van der Waals surface area contributed by atoms with Gasteiger partial charge in [0, 0.05) is 6.54 Å². The van der Waals surface area contributed by atoms with Gasteiger partial charge in [0.05, 0.1) is 36.0 Å². The van der Waals surface area contributed by atoms with Crippen LogP contribution in [0.4, 0.5) is 4.79 Å². The van der Waals surface area contributed by atoms with Crippen molar-refractivity contribution in [2.75, 3.05) is 19.8 Å². The molecule has 0 bridgehead atoms. The van der Waals surface area contributed by atoms with Crippen molar-refractivity contribution in [1.82, 2.24) is 15.2 Å². The molecule has 20 heavy (non-hydrogen) atoms. The third kappa shape index (κ3) is 2.76. The number of fused-ring (bicyclic) bond motifs is 1. The fourth-order valence-corrected chi connectivity index (χ4v) is 3.18. The second-order valence-corrected chi connectivity index (χ2v) is 5.97. The Morgan fingerprint density at radius 1 is 1.55 bits per heavy atom. The number of para-hydroxylation sites is 1. The van der Waals surface area contributed by atoms with Crippen molar-refractivity contribution >= 4 is 27.6 Å². The SMILES string of the molecule is C[C@@H]1COCCN1C(=O)NCc1nc2ccccc2s1. The largest absolute Gasteiger partial charge is 0.377 e. The number of ether oxygens (including phenoxy) is 1. The molecule has 2 aromatic rings. The fraction of sp³-hybridized carbons (Fsp3) is 0.429. The van der Waals surface area contributed by atoms with E-state index in [1.807, 2.05) is 36.1 Å². The lowest BCUT2D eigenvalue weighted by molar-refractivity contribution is 0.0190. The van der Waals surface area contributed by atoms with Crippen LogP contribution in [0.2, 0.25) is 0 Å². The number of amides is 2. The molecule has 1 saturated heterocycles. The Balaban J connectivity index is 1.62. The summed E-state index contributed by atoms with van der Waals surface area (Å²) < 4.78 is 6.48. The number of thiazole rings is 1. The number of hydrogen-bond acceptors (Lipinski definition) is 4. The number of aromatic nitrogens is 1. The second-order valence-electron chi connectivity index (χ2n) is 4.85. The van der Waals surface area contributed by atoms with Crippen LogP contribution in [-0.2, 0) is 11.3 Å². The molecule has 106 valence electrons. The molecule has 0 spiro atoms. The summed E-state index contributed by atoms with van der Waals surface area (Å²) in [5, 5.41) is 3.87. The molecule has 0 aliphatic carbocycles. The summed E-state index contributed by atoms with van der Waals surface area (Å²) in [4.78, 5) is 18.5. The van der Waals surface area contributed by atoms with Gasteiger partial charge in [-0.15, -0.1) is 11.3 Å². The van der Waals surface area contributed by atoms with Crippen LogP contribution in [0, 0.1) is 0 Å². The van der Waals surface area contributed by atoms with E-state index in [2.05, 4.69) is 10.3 Å². The summed E-state index contributed by atoms with van der Waals surface area (Å²) >= 11 is 1.62. The van der Waals surface area contributed by atoms with Gasteiger partial charge in [-0.25, -0.2) is 9.78 Å². The van der Waals surface area contributed by atoms with E-state index in [1.54, 1.807) is 11.3 Å². The van der Waals surface area contributed by atoms with Crippen LogP contribution in [0.3, 0.4) is 0 Å². The first-order valence-corrected chi connectivity index (χ1v) is 7.52. The predicted octanol–water partition coefficient (Wildman–Crippen LogP) is 2.23. The van der Waals surface area contributed by atoms with Crippen molar-refractivity contribution in [3.8, 4) is 0 Å². The molecule has 2 amide bonds. The van der Waals surface area contributed by atoms with Crippen molar-refractivity contribution in [3.05, 3.63) is 29.3 Å². The number of nitrogens with zero attached hydrogens (tertiary/aromatic N) is 2. The van der Waals surface area contributed by atoms with Gasteiger partial charge in [-0.05, 0) is 19.1 Å². The Morgan fingerprint density at radius 2 is 2.40 bits per heavy atom. The molecule has 1 atom stereocenters. The van der Waals surface area contributed by atoms with Crippen LogP contribution in [0.15, 0.2) is 24.3 Å². The topological polar surface area (TPSA) is 54.5 Å². The molecular formula is C14H17N3O2S.